The maximum atomic E-state index is 12.0. The fourth-order valence-corrected chi connectivity index (χ4v) is 3.89. The molecule has 0 bridgehead atoms. The van der Waals surface area contributed by atoms with Crippen LogP contribution in [0, 0.1) is 5.41 Å². The summed E-state index contributed by atoms with van der Waals surface area (Å²) < 4.78 is 5.32. The van der Waals surface area contributed by atoms with Gasteiger partial charge < -0.3 is 14.9 Å². The monoisotopic (exact) mass is 340 g/mol. The number of rotatable bonds is 4. The summed E-state index contributed by atoms with van der Waals surface area (Å²) in [6, 6.07) is 14.8. The third kappa shape index (κ3) is 2.56. The lowest BCUT2D eigenvalue weighted by Crippen LogP contribution is -2.50. The largest absolute Gasteiger partial charge is 0.497 e. The molecule has 0 radical (unpaired) electrons. The number of benzene rings is 2. The Kier molecular flexibility index (Phi) is 4.03. The van der Waals surface area contributed by atoms with Crippen LogP contribution in [-0.4, -0.2) is 29.3 Å². The van der Waals surface area contributed by atoms with Gasteiger partial charge in [-0.25, -0.2) is 0 Å². The molecule has 5 nitrogen and oxygen atoms in total. The molecule has 0 saturated carbocycles. The molecule has 0 saturated heterocycles. The molecule has 3 rings (SSSR count). The second-order valence-corrected chi connectivity index (χ2v) is 6.77. The van der Waals surface area contributed by atoms with E-state index in [0.29, 0.717) is 5.75 Å². The summed E-state index contributed by atoms with van der Waals surface area (Å²) in [6.07, 6.45) is -0.0612. The highest BCUT2D eigenvalue weighted by atomic mass is 16.5. The van der Waals surface area contributed by atoms with Gasteiger partial charge in [0.1, 0.15) is 5.75 Å². The molecule has 0 heterocycles. The van der Waals surface area contributed by atoms with Crippen molar-refractivity contribution in [2.45, 2.75) is 25.2 Å². The van der Waals surface area contributed by atoms with Crippen LogP contribution in [0.25, 0.3) is 0 Å². The van der Waals surface area contributed by atoms with Gasteiger partial charge in [-0.15, -0.1) is 0 Å². The summed E-state index contributed by atoms with van der Waals surface area (Å²) in [5.41, 5.74) is -0.0812. The lowest BCUT2D eigenvalue weighted by Gasteiger charge is -2.43. The Morgan fingerprint density at radius 3 is 2.24 bits per heavy atom. The third-order valence-electron chi connectivity index (χ3n) is 5.29. The van der Waals surface area contributed by atoms with Crippen LogP contribution >= 0.6 is 0 Å². The zero-order chi connectivity index (χ0) is 18.2. The summed E-state index contributed by atoms with van der Waals surface area (Å²) in [4.78, 5) is 23.9. The first kappa shape index (κ1) is 17.0. The van der Waals surface area contributed by atoms with Gasteiger partial charge in [0.2, 0.25) is 0 Å². The first-order valence-electron chi connectivity index (χ1n) is 8.03. The molecule has 130 valence electrons. The second kappa shape index (κ2) is 5.92. The Bertz CT molecular complexity index is 813. The van der Waals surface area contributed by atoms with Crippen LogP contribution in [0.1, 0.15) is 30.0 Å². The van der Waals surface area contributed by atoms with Gasteiger partial charge in [0.15, 0.2) is 5.41 Å². The first-order valence-corrected chi connectivity index (χ1v) is 8.03. The van der Waals surface area contributed by atoms with Gasteiger partial charge in [-0.3, -0.25) is 9.59 Å². The lowest BCUT2D eigenvalue weighted by molar-refractivity contribution is -0.166. The molecule has 0 spiro atoms. The van der Waals surface area contributed by atoms with E-state index in [-0.39, 0.29) is 12.8 Å². The Balaban J connectivity index is 2.29. The highest BCUT2D eigenvalue weighted by Crippen LogP contribution is 2.50. The third-order valence-corrected chi connectivity index (χ3v) is 5.29. The predicted octanol–water partition coefficient (Wildman–Crippen LogP) is 3.10. The van der Waals surface area contributed by atoms with Crippen LogP contribution in [0.2, 0.25) is 0 Å². The molecule has 1 aliphatic rings. The van der Waals surface area contributed by atoms with E-state index >= 15 is 0 Å². The van der Waals surface area contributed by atoms with Crippen molar-refractivity contribution in [2.75, 3.05) is 7.11 Å². The Morgan fingerprint density at radius 1 is 1.04 bits per heavy atom. The van der Waals surface area contributed by atoms with Crippen molar-refractivity contribution in [3.05, 3.63) is 65.2 Å². The summed E-state index contributed by atoms with van der Waals surface area (Å²) in [5, 5.41) is 19.5. The molecule has 5 heteroatoms. The Hall–Kier alpha value is -2.82. The number of carboxylic acid groups (broad SMARTS) is 2. The highest BCUT2D eigenvalue weighted by Gasteiger charge is 2.55. The van der Waals surface area contributed by atoms with E-state index in [2.05, 4.69) is 0 Å². The van der Waals surface area contributed by atoms with Crippen LogP contribution in [-0.2, 0) is 21.4 Å². The number of hydrogen-bond donors (Lipinski definition) is 2. The average Bonchev–Trinajstić information content (AvgIpc) is 2.61. The van der Waals surface area contributed by atoms with Crippen LogP contribution in [0.15, 0.2) is 48.5 Å². The minimum atomic E-state index is -1.85. The molecule has 1 aliphatic carbocycles. The highest BCUT2D eigenvalue weighted by molar-refractivity contribution is 5.99. The van der Waals surface area contributed by atoms with Crippen molar-refractivity contribution >= 4 is 11.9 Å². The number of hydrogen-bond acceptors (Lipinski definition) is 3. The van der Waals surface area contributed by atoms with Crippen LogP contribution in [0.3, 0.4) is 0 Å². The smallest absolute Gasteiger partial charge is 0.321 e. The van der Waals surface area contributed by atoms with Crippen LogP contribution in [0.5, 0.6) is 5.75 Å². The molecule has 1 atom stereocenters. The van der Waals surface area contributed by atoms with E-state index in [4.69, 9.17) is 4.74 Å². The lowest BCUT2D eigenvalue weighted by atomic mass is 9.58. The van der Waals surface area contributed by atoms with Gasteiger partial charge >= 0.3 is 11.9 Å². The fraction of sp³-hybridized carbons (Fsp3) is 0.300. The van der Waals surface area contributed by atoms with Gasteiger partial charge in [-0.2, -0.15) is 0 Å². The zero-order valence-corrected chi connectivity index (χ0v) is 14.2. The molecule has 0 amide bonds. The quantitative estimate of drug-likeness (QED) is 0.836. The molecule has 2 aromatic carbocycles. The van der Waals surface area contributed by atoms with Crippen LogP contribution in [0.4, 0.5) is 0 Å². The number of methoxy groups -OCH3 is 1. The van der Waals surface area contributed by atoms with E-state index in [1.165, 1.54) is 0 Å². The molecule has 2 N–H and O–H groups in total. The van der Waals surface area contributed by atoms with Gasteiger partial charge in [-0.05, 0) is 41.7 Å². The van der Waals surface area contributed by atoms with E-state index in [1.807, 2.05) is 43.3 Å². The summed E-state index contributed by atoms with van der Waals surface area (Å²) in [7, 11) is 1.57. The predicted molar refractivity (Wildman–Crippen MR) is 91.9 cm³/mol. The van der Waals surface area contributed by atoms with Crippen LogP contribution < -0.4 is 4.74 Å². The maximum Gasteiger partial charge on any atom is 0.321 e. The summed E-state index contributed by atoms with van der Waals surface area (Å²) >= 11 is 0. The molecule has 25 heavy (non-hydrogen) atoms. The minimum Gasteiger partial charge on any atom is -0.497 e. The van der Waals surface area contributed by atoms with E-state index < -0.39 is 22.8 Å². The average molecular weight is 340 g/mol. The van der Waals surface area contributed by atoms with E-state index in [9.17, 15) is 19.8 Å². The normalized spacial score (nSPS) is 21.2. The van der Waals surface area contributed by atoms with Gasteiger partial charge in [0.05, 0.1) is 7.11 Å². The van der Waals surface area contributed by atoms with Crippen molar-refractivity contribution in [2.24, 2.45) is 5.41 Å². The minimum absolute atomic E-state index is 0.0190. The maximum absolute atomic E-state index is 12.0. The van der Waals surface area contributed by atoms with Crippen molar-refractivity contribution in [3.8, 4) is 5.75 Å². The van der Waals surface area contributed by atoms with Gasteiger partial charge in [-0.1, -0.05) is 43.3 Å². The SMILES string of the molecule is COc1ccc2c(c1)[C@](C)(c1ccccc1)CC(C(=O)O)(C(=O)O)C2. The Labute approximate surface area is 145 Å². The standard InChI is InChI=1S/C20H20O5/c1-19(14-6-4-3-5-7-14)12-20(17(21)22,18(23)24)11-13-8-9-15(25-2)10-16(13)19/h3-10H,11-12H2,1-2H3,(H,21,22)(H,23,24)/t19-/m0/s1. The molecule has 0 fully saturated rings. The summed E-state index contributed by atoms with van der Waals surface area (Å²) in [6.45, 7) is 1.90. The van der Waals surface area contributed by atoms with Crippen molar-refractivity contribution < 1.29 is 24.5 Å². The number of carboxylic acids is 2. The number of fused-ring (bicyclic) bond motifs is 1. The van der Waals surface area contributed by atoms with Gasteiger partial charge in [0.25, 0.3) is 0 Å². The molecule has 0 aliphatic heterocycles. The topological polar surface area (TPSA) is 83.8 Å². The number of aliphatic carboxylic acids is 2. The number of carbonyl (C=O) groups is 2. The molecule has 0 aromatic heterocycles. The zero-order valence-electron chi connectivity index (χ0n) is 14.2. The molecular weight excluding hydrogens is 320 g/mol. The van der Waals surface area contributed by atoms with Crippen molar-refractivity contribution in [1.82, 2.24) is 0 Å². The summed E-state index contributed by atoms with van der Waals surface area (Å²) in [5.74, 6) is -1.94. The molecule has 0 unspecified atom stereocenters. The molecule has 2 aromatic rings. The van der Waals surface area contributed by atoms with Crippen molar-refractivity contribution in [1.29, 1.82) is 0 Å². The number of ether oxygens (including phenoxy) is 1. The second-order valence-electron chi connectivity index (χ2n) is 6.77. The fourth-order valence-electron chi connectivity index (χ4n) is 3.89. The molecular formula is C20H20O5. The first-order chi connectivity index (χ1) is 11.8. The van der Waals surface area contributed by atoms with Crippen molar-refractivity contribution in [3.63, 3.8) is 0 Å². The van der Waals surface area contributed by atoms with E-state index in [0.717, 1.165) is 16.7 Å². The van der Waals surface area contributed by atoms with Gasteiger partial charge in [0, 0.05) is 5.41 Å². The Morgan fingerprint density at radius 2 is 1.68 bits per heavy atom. The van der Waals surface area contributed by atoms with E-state index in [1.54, 1.807) is 19.2 Å².